The van der Waals surface area contributed by atoms with Crippen molar-refractivity contribution >= 4 is 23.6 Å². The van der Waals surface area contributed by atoms with Crippen LogP contribution in [0, 0.1) is 0 Å². The fourth-order valence-corrected chi connectivity index (χ4v) is 1.88. The third-order valence-electron chi connectivity index (χ3n) is 2.86. The Morgan fingerprint density at radius 3 is 2.74 bits per heavy atom. The van der Waals surface area contributed by atoms with Crippen molar-refractivity contribution in [2.24, 2.45) is 0 Å². The molecule has 0 aromatic heterocycles. The summed E-state index contributed by atoms with van der Waals surface area (Å²) in [6, 6.07) is 7.29. The van der Waals surface area contributed by atoms with E-state index in [-0.39, 0.29) is 18.4 Å². The molecule has 1 saturated heterocycles. The van der Waals surface area contributed by atoms with E-state index < -0.39 is 0 Å². The van der Waals surface area contributed by atoms with E-state index in [1.807, 2.05) is 12.1 Å². The average molecular weight is 283 g/mol. The van der Waals surface area contributed by atoms with Crippen LogP contribution in [0.3, 0.4) is 0 Å². The van der Waals surface area contributed by atoms with Crippen LogP contribution in [0.4, 0.5) is 4.79 Å². The van der Waals surface area contributed by atoms with E-state index in [9.17, 15) is 9.59 Å². The zero-order valence-corrected chi connectivity index (χ0v) is 11.2. The Morgan fingerprint density at radius 1 is 1.37 bits per heavy atom. The van der Waals surface area contributed by atoms with Gasteiger partial charge in [-0.2, -0.15) is 0 Å². The van der Waals surface area contributed by atoms with Gasteiger partial charge in [0.15, 0.2) is 0 Å². The van der Waals surface area contributed by atoms with Gasteiger partial charge in [0.2, 0.25) is 5.91 Å². The molecular weight excluding hydrogens is 268 g/mol. The number of amides is 2. The summed E-state index contributed by atoms with van der Waals surface area (Å²) >= 11 is 5.77. The number of benzene rings is 1. The van der Waals surface area contributed by atoms with Crippen molar-refractivity contribution in [3.63, 3.8) is 0 Å². The molecule has 2 amide bonds. The SMILES string of the molecule is O=C(CCN1CCOC1=O)NCc1ccc(Cl)cc1. The molecule has 0 unspecified atom stereocenters. The lowest BCUT2D eigenvalue weighted by molar-refractivity contribution is -0.121. The van der Waals surface area contributed by atoms with Gasteiger partial charge in [0, 0.05) is 24.5 Å². The number of nitrogens with zero attached hydrogens (tertiary/aromatic N) is 1. The molecule has 6 heteroatoms. The molecule has 1 aromatic carbocycles. The predicted octanol–water partition coefficient (Wildman–Crippen LogP) is 1.80. The lowest BCUT2D eigenvalue weighted by Crippen LogP contribution is -2.31. The molecular formula is C13H15ClN2O3. The number of hydrogen-bond acceptors (Lipinski definition) is 3. The van der Waals surface area contributed by atoms with Gasteiger partial charge in [-0.3, -0.25) is 4.79 Å². The van der Waals surface area contributed by atoms with Crippen molar-refractivity contribution in [1.29, 1.82) is 0 Å². The van der Waals surface area contributed by atoms with Crippen molar-refractivity contribution in [2.75, 3.05) is 19.7 Å². The Hall–Kier alpha value is -1.75. The Morgan fingerprint density at radius 2 is 2.11 bits per heavy atom. The van der Waals surface area contributed by atoms with Gasteiger partial charge in [-0.25, -0.2) is 4.79 Å². The summed E-state index contributed by atoms with van der Waals surface area (Å²) < 4.78 is 4.78. The molecule has 0 radical (unpaired) electrons. The number of rotatable bonds is 5. The Kier molecular flexibility index (Phi) is 4.63. The van der Waals surface area contributed by atoms with E-state index in [4.69, 9.17) is 16.3 Å². The number of nitrogens with one attached hydrogen (secondary N) is 1. The van der Waals surface area contributed by atoms with E-state index in [2.05, 4.69) is 5.32 Å². The zero-order valence-electron chi connectivity index (χ0n) is 10.4. The van der Waals surface area contributed by atoms with Gasteiger partial charge in [-0.05, 0) is 17.7 Å². The van der Waals surface area contributed by atoms with Gasteiger partial charge in [-0.1, -0.05) is 23.7 Å². The van der Waals surface area contributed by atoms with Crippen LogP contribution in [0.15, 0.2) is 24.3 Å². The maximum atomic E-state index is 11.6. The molecule has 1 aliphatic heterocycles. The third kappa shape index (κ3) is 4.13. The van der Waals surface area contributed by atoms with Gasteiger partial charge in [0.05, 0.1) is 6.54 Å². The molecule has 1 N–H and O–H groups in total. The number of halogens is 1. The first kappa shape index (κ1) is 13.7. The first-order valence-corrected chi connectivity index (χ1v) is 6.46. The van der Waals surface area contributed by atoms with Crippen LogP contribution in [0.2, 0.25) is 5.02 Å². The molecule has 102 valence electrons. The van der Waals surface area contributed by atoms with Gasteiger partial charge in [0.25, 0.3) is 0 Å². The van der Waals surface area contributed by atoms with Gasteiger partial charge in [0.1, 0.15) is 6.61 Å². The number of cyclic esters (lactones) is 1. The highest BCUT2D eigenvalue weighted by atomic mass is 35.5. The van der Waals surface area contributed by atoms with Gasteiger partial charge >= 0.3 is 6.09 Å². The molecule has 5 nitrogen and oxygen atoms in total. The Bertz CT molecular complexity index is 461. The molecule has 19 heavy (non-hydrogen) atoms. The number of hydrogen-bond donors (Lipinski definition) is 1. The minimum atomic E-state index is -0.342. The summed E-state index contributed by atoms with van der Waals surface area (Å²) in [5.41, 5.74) is 0.985. The second-order valence-electron chi connectivity index (χ2n) is 4.25. The van der Waals surface area contributed by atoms with Crippen LogP contribution in [-0.2, 0) is 16.1 Å². The van der Waals surface area contributed by atoms with Crippen LogP contribution in [0.1, 0.15) is 12.0 Å². The minimum absolute atomic E-state index is 0.0883. The molecule has 0 atom stereocenters. The molecule has 0 spiro atoms. The van der Waals surface area contributed by atoms with Crippen LogP contribution in [0.5, 0.6) is 0 Å². The number of carbonyl (C=O) groups is 2. The monoisotopic (exact) mass is 282 g/mol. The van der Waals surface area contributed by atoms with Crippen molar-refractivity contribution in [3.8, 4) is 0 Å². The van der Waals surface area contributed by atoms with E-state index in [1.54, 1.807) is 12.1 Å². The standard InChI is InChI=1S/C13H15ClN2O3/c14-11-3-1-10(2-4-11)9-15-12(17)5-6-16-7-8-19-13(16)18/h1-4H,5-9H2,(H,15,17). The van der Waals surface area contributed by atoms with Gasteiger partial charge in [-0.15, -0.1) is 0 Å². The van der Waals surface area contributed by atoms with Crippen molar-refractivity contribution in [3.05, 3.63) is 34.9 Å². The summed E-state index contributed by atoms with van der Waals surface area (Å²) in [5.74, 6) is -0.0883. The molecule has 0 aliphatic carbocycles. The van der Waals surface area contributed by atoms with Crippen LogP contribution >= 0.6 is 11.6 Å². The predicted molar refractivity (Wildman–Crippen MR) is 70.8 cm³/mol. The lowest BCUT2D eigenvalue weighted by Gasteiger charge is -2.12. The summed E-state index contributed by atoms with van der Waals surface area (Å²) in [4.78, 5) is 24.3. The molecule has 2 rings (SSSR count). The first-order valence-electron chi connectivity index (χ1n) is 6.08. The number of carbonyl (C=O) groups excluding carboxylic acids is 2. The van der Waals surface area contributed by atoms with E-state index in [1.165, 1.54) is 4.90 Å². The largest absolute Gasteiger partial charge is 0.448 e. The topological polar surface area (TPSA) is 58.6 Å². The highest BCUT2D eigenvalue weighted by molar-refractivity contribution is 6.30. The second-order valence-corrected chi connectivity index (χ2v) is 4.69. The maximum absolute atomic E-state index is 11.6. The molecule has 0 bridgehead atoms. The fourth-order valence-electron chi connectivity index (χ4n) is 1.76. The molecule has 1 fully saturated rings. The first-order chi connectivity index (χ1) is 9.15. The highest BCUT2D eigenvalue weighted by Crippen LogP contribution is 2.09. The Labute approximate surface area is 116 Å². The average Bonchev–Trinajstić information content (AvgIpc) is 2.81. The third-order valence-corrected chi connectivity index (χ3v) is 3.11. The molecule has 1 aliphatic rings. The smallest absolute Gasteiger partial charge is 0.409 e. The summed E-state index contributed by atoms with van der Waals surface area (Å²) in [6.07, 6.45) is -0.0617. The van der Waals surface area contributed by atoms with Crippen LogP contribution in [-0.4, -0.2) is 36.6 Å². The fraction of sp³-hybridized carbons (Fsp3) is 0.385. The minimum Gasteiger partial charge on any atom is -0.448 e. The summed E-state index contributed by atoms with van der Waals surface area (Å²) in [5, 5.41) is 3.47. The van der Waals surface area contributed by atoms with E-state index in [0.29, 0.717) is 31.3 Å². The van der Waals surface area contributed by atoms with Crippen molar-refractivity contribution in [1.82, 2.24) is 10.2 Å². The van der Waals surface area contributed by atoms with E-state index in [0.717, 1.165) is 5.56 Å². The van der Waals surface area contributed by atoms with Crippen LogP contribution < -0.4 is 5.32 Å². The quantitative estimate of drug-likeness (QED) is 0.896. The van der Waals surface area contributed by atoms with Crippen molar-refractivity contribution < 1.29 is 14.3 Å². The summed E-state index contributed by atoms with van der Waals surface area (Å²) in [6.45, 7) is 1.82. The normalized spacial score (nSPS) is 14.4. The highest BCUT2D eigenvalue weighted by Gasteiger charge is 2.21. The zero-order chi connectivity index (χ0) is 13.7. The lowest BCUT2D eigenvalue weighted by atomic mass is 10.2. The van der Waals surface area contributed by atoms with E-state index >= 15 is 0 Å². The maximum Gasteiger partial charge on any atom is 0.409 e. The molecule has 0 saturated carbocycles. The van der Waals surface area contributed by atoms with Crippen molar-refractivity contribution in [2.45, 2.75) is 13.0 Å². The van der Waals surface area contributed by atoms with Gasteiger partial charge < -0.3 is 15.0 Å². The second kappa shape index (κ2) is 6.43. The number of ether oxygens (including phenoxy) is 1. The Balaban J connectivity index is 1.69. The molecule has 1 aromatic rings. The molecule has 1 heterocycles. The van der Waals surface area contributed by atoms with Crippen LogP contribution in [0.25, 0.3) is 0 Å². The summed E-state index contributed by atoms with van der Waals surface area (Å²) in [7, 11) is 0.